The summed E-state index contributed by atoms with van der Waals surface area (Å²) in [5, 5.41) is 3.64. The average Bonchev–Trinajstić information content (AvgIpc) is 3.50. The minimum Gasteiger partial charge on any atom is -0.451 e. The Kier molecular flexibility index (Phi) is 6.23. The molecule has 2 aromatic carbocycles. The first-order valence-corrected chi connectivity index (χ1v) is 14.3. The van der Waals surface area contributed by atoms with Crippen molar-refractivity contribution in [3.05, 3.63) is 54.0 Å². The highest BCUT2D eigenvalue weighted by Gasteiger charge is 2.49. The number of hydrogen-bond acceptors (Lipinski definition) is 5. The molecule has 2 aliphatic carbocycles. The highest BCUT2D eigenvalue weighted by Crippen LogP contribution is 2.49. The van der Waals surface area contributed by atoms with Gasteiger partial charge in [0.15, 0.2) is 21.4 Å². The quantitative estimate of drug-likeness (QED) is 0.418. The normalized spacial score (nSPS) is 18.2. The molecular formula is C29H28FNO5S. The Morgan fingerprint density at radius 1 is 1.05 bits per heavy atom. The number of Topliss-reactive ketones (excluding diaryl/α,β-unsaturated/α-hetero) is 1. The summed E-state index contributed by atoms with van der Waals surface area (Å²) in [6.45, 7) is 0. The molecule has 8 heteroatoms. The molecule has 0 saturated heterocycles. The Balaban J connectivity index is 1.40. The maximum atomic E-state index is 14.7. The smallest absolute Gasteiger partial charge is 0.287 e. The number of amides is 1. The second-order valence-electron chi connectivity index (χ2n) is 10.4. The number of terminal acetylenes is 1. The molecule has 37 heavy (non-hydrogen) atoms. The lowest BCUT2D eigenvalue weighted by Gasteiger charge is -2.37. The Labute approximate surface area is 215 Å². The number of hydrogen-bond donors (Lipinski definition) is 1. The summed E-state index contributed by atoms with van der Waals surface area (Å²) in [6, 6.07) is 10.3. The van der Waals surface area contributed by atoms with E-state index in [1.165, 1.54) is 12.1 Å². The summed E-state index contributed by atoms with van der Waals surface area (Å²) in [5.41, 5.74) is -0.240. The first-order chi connectivity index (χ1) is 17.5. The van der Waals surface area contributed by atoms with E-state index < -0.39 is 27.1 Å². The molecule has 1 N–H and O–H groups in total. The van der Waals surface area contributed by atoms with Gasteiger partial charge < -0.3 is 9.73 Å². The third kappa shape index (κ3) is 4.93. The van der Waals surface area contributed by atoms with Crippen LogP contribution in [0, 0.1) is 23.6 Å². The third-order valence-electron chi connectivity index (χ3n) is 7.68. The van der Waals surface area contributed by atoms with Crippen molar-refractivity contribution in [3.8, 4) is 23.5 Å². The van der Waals surface area contributed by atoms with Crippen molar-refractivity contribution in [1.29, 1.82) is 0 Å². The number of ketones is 1. The Morgan fingerprint density at radius 3 is 2.41 bits per heavy atom. The predicted octanol–water partition coefficient (Wildman–Crippen LogP) is 5.45. The molecule has 0 aliphatic heterocycles. The molecule has 1 amide bonds. The van der Waals surface area contributed by atoms with Crippen molar-refractivity contribution < 1.29 is 26.8 Å². The number of sulfone groups is 1. The number of fused-ring (bicyclic) bond motifs is 1. The summed E-state index contributed by atoms with van der Waals surface area (Å²) in [4.78, 5) is 26.5. The molecule has 0 bridgehead atoms. The summed E-state index contributed by atoms with van der Waals surface area (Å²) >= 11 is 0. The van der Waals surface area contributed by atoms with E-state index in [0.717, 1.165) is 44.4 Å². The van der Waals surface area contributed by atoms with Gasteiger partial charge in [-0.1, -0.05) is 43.4 Å². The molecule has 0 unspecified atom stereocenters. The van der Waals surface area contributed by atoms with Crippen LogP contribution in [0.1, 0.15) is 61.9 Å². The standard InChI is InChI=1S/C29H28FNO5S/c1-3-28(13-14-28)18-26(32)29(11-5-4-6-12-29)31-27(33)25-16-20-8-7-19(15-24(20)36-25)22-10-9-21(17-23(22)30)37(2,34)35/h1,7-10,15-17H,4-6,11-14,18H2,2H3,(H,31,33). The lowest BCUT2D eigenvalue weighted by atomic mass is 9.75. The van der Waals surface area contributed by atoms with Crippen molar-refractivity contribution in [3.63, 3.8) is 0 Å². The van der Waals surface area contributed by atoms with E-state index in [1.807, 2.05) is 0 Å². The molecule has 2 saturated carbocycles. The van der Waals surface area contributed by atoms with Crippen LogP contribution in [0.3, 0.4) is 0 Å². The Morgan fingerprint density at radius 2 is 1.78 bits per heavy atom. The van der Waals surface area contributed by atoms with E-state index in [0.29, 0.717) is 29.4 Å². The number of furan rings is 1. The third-order valence-corrected chi connectivity index (χ3v) is 8.79. The highest BCUT2D eigenvalue weighted by molar-refractivity contribution is 7.90. The minimum absolute atomic E-state index is 0.0117. The van der Waals surface area contributed by atoms with Gasteiger partial charge in [0, 0.05) is 29.0 Å². The molecule has 0 radical (unpaired) electrons. The summed E-state index contributed by atoms with van der Waals surface area (Å²) in [5.74, 6) is 1.67. The number of nitrogens with one attached hydrogen (secondary N) is 1. The maximum absolute atomic E-state index is 14.7. The van der Waals surface area contributed by atoms with Crippen molar-refractivity contribution in [2.75, 3.05) is 6.26 Å². The zero-order valence-corrected chi connectivity index (χ0v) is 21.4. The SMILES string of the molecule is C#CC1(CC(=O)C2(NC(=O)c3cc4ccc(-c5ccc(S(C)(=O)=O)cc5F)cc4o3)CCCCC2)CC1. The lowest BCUT2D eigenvalue weighted by Crippen LogP contribution is -2.56. The predicted molar refractivity (Wildman–Crippen MR) is 138 cm³/mol. The van der Waals surface area contributed by atoms with Crippen molar-refractivity contribution in [1.82, 2.24) is 5.32 Å². The van der Waals surface area contributed by atoms with Crippen LogP contribution in [0.4, 0.5) is 4.39 Å². The second-order valence-corrected chi connectivity index (χ2v) is 12.4. The van der Waals surface area contributed by atoms with Crippen molar-refractivity contribution in [2.45, 2.75) is 61.8 Å². The van der Waals surface area contributed by atoms with E-state index in [1.54, 1.807) is 24.3 Å². The fourth-order valence-electron chi connectivity index (χ4n) is 5.18. The molecule has 192 valence electrons. The summed E-state index contributed by atoms with van der Waals surface area (Å²) in [7, 11) is -3.53. The van der Waals surface area contributed by atoms with Gasteiger partial charge in [0.2, 0.25) is 0 Å². The van der Waals surface area contributed by atoms with Gasteiger partial charge in [-0.3, -0.25) is 9.59 Å². The zero-order valence-electron chi connectivity index (χ0n) is 20.6. The van der Waals surface area contributed by atoms with Gasteiger partial charge in [-0.05, 0) is 55.5 Å². The number of carbonyl (C=O) groups excluding carboxylic acids is 2. The summed E-state index contributed by atoms with van der Waals surface area (Å²) < 4.78 is 44.0. The monoisotopic (exact) mass is 521 g/mol. The largest absolute Gasteiger partial charge is 0.451 e. The molecule has 1 heterocycles. The van der Waals surface area contributed by atoms with Gasteiger partial charge in [0.1, 0.15) is 11.4 Å². The summed E-state index contributed by atoms with van der Waals surface area (Å²) in [6.07, 6.45) is 12.5. The van der Waals surface area contributed by atoms with E-state index >= 15 is 0 Å². The number of benzene rings is 2. The van der Waals surface area contributed by atoms with Crippen LogP contribution in [0.15, 0.2) is 51.8 Å². The Hall–Kier alpha value is -3.44. The van der Waals surface area contributed by atoms with Gasteiger partial charge >= 0.3 is 0 Å². The van der Waals surface area contributed by atoms with Crippen LogP contribution in [-0.4, -0.2) is 31.9 Å². The van der Waals surface area contributed by atoms with Crippen LogP contribution < -0.4 is 5.32 Å². The molecule has 0 spiro atoms. The van der Waals surface area contributed by atoms with E-state index in [9.17, 15) is 22.4 Å². The molecule has 0 atom stereocenters. The fraction of sp³-hybridized carbons (Fsp3) is 0.379. The molecule has 1 aromatic heterocycles. The Bertz CT molecular complexity index is 1550. The van der Waals surface area contributed by atoms with Gasteiger partial charge in [0.05, 0.1) is 10.4 Å². The lowest BCUT2D eigenvalue weighted by molar-refractivity contribution is -0.127. The molecule has 2 fully saturated rings. The highest BCUT2D eigenvalue weighted by atomic mass is 32.2. The topological polar surface area (TPSA) is 93.5 Å². The number of carbonyl (C=O) groups is 2. The molecule has 6 nitrogen and oxygen atoms in total. The molecule has 5 rings (SSSR count). The minimum atomic E-state index is -3.53. The van der Waals surface area contributed by atoms with E-state index in [-0.39, 0.29) is 33.8 Å². The number of rotatable bonds is 7. The van der Waals surface area contributed by atoms with Crippen LogP contribution in [0.25, 0.3) is 22.1 Å². The van der Waals surface area contributed by atoms with Crippen molar-refractivity contribution in [2.24, 2.45) is 5.41 Å². The molecular weight excluding hydrogens is 493 g/mol. The van der Waals surface area contributed by atoms with Crippen LogP contribution >= 0.6 is 0 Å². The number of halogens is 1. The van der Waals surface area contributed by atoms with Crippen LogP contribution in [0.5, 0.6) is 0 Å². The first kappa shape index (κ1) is 25.2. The van der Waals surface area contributed by atoms with E-state index in [4.69, 9.17) is 10.8 Å². The first-order valence-electron chi connectivity index (χ1n) is 12.4. The fourth-order valence-corrected chi connectivity index (χ4v) is 5.81. The van der Waals surface area contributed by atoms with E-state index in [2.05, 4.69) is 11.2 Å². The van der Waals surface area contributed by atoms with Gasteiger partial charge in [-0.15, -0.1) is 6.42 Å². The van der Waals surface area contributed by atoms with Crippen molar-refractivity contribution >= 4 is 32.5 Å². The van der Waals surface area contributed by atoms with Crippen LogP contribution in [0.2, 0.25) is 0 Å². The van der Waals surface area contributed by atoms with Gasteiger partial charge in [-0.25, -0.2) is 12.8 Å². The van der Waals surface area contributed by atoms with Gasteiger partial charge in [0.25, 0.3) is 5.91 Å². The second kappa shape index (κ2) is 9.14. The molecule has 2 aliphatic rings. The van der Waals surface area contributed by atoms with Gasteiger partial charge in [-0.2, -0.15) is 0 Å². The van der Waals surface area contributed by atoms with Crippen LogP contribution in [-0.2, 0) is 14.6 Å². The zero-order chi connectivity index (χ0) is 26.4. The maximum Gasteiger partial charge on any atom is 0.287 e. The average molecular weight is 522 g/mol. The molecule has 3 aromatic rings.